The minimum Gasteiger partial charge on any atom is -0.465 e. The van der Waals surface area contributed by atoms with Crippen molar-refractivity contribution in [1.82, 2.24) is 4.90 Å². The number of likely N-dealkylation sites (tertiary alicyclic amines) is 1. The van der Waals surface area contributed by atoms with Gasteiger partial charge in [-0.15, -0.1) is 0 Å². The normalized spacial score (nSPS) is 20.1. The van der Waals surface area contributed by atoms with E-state index in [0.717, 1.165) is 0 Å². The first-order valence-electron chi connectivity index (χ1n) is 5.94. The molecule has 0 bridgehead atoms. The van der Waals surface area contributed by atoms with Crippen LogP contribution in [0.15, 0.2) is 0 Å². The molecule has 1 N–H and O–H groups in total. The van der Waals surface area contributed by atoms with Crippen molar-refractivity contribution in [2.45, 2.75) is 46.1 Å². The molecule has 1 saturated heterocycles. The summed E-state index contributed by atoms with van der Waals surface area (Å²) in [5, 5.41) is 8.85. The van der Waals surface area contributed by atoms with Gasteiger partial charge in [-0.25, -0.2) is 14.5 Å². The van der Waals surface area contributed by atoms with Crippen molar-refractivity contribution in [1.29, 1.82) is 0 Å². The number of hydrogen-bond acceptors (Lipinski definition) is 4. The lowest BCUT2D eigenvalue weighted by Gasteiger charge is -2.21. The highest BCUT2D eigenvalue weighted by Gasteiger charge is 2.41. The van der Waals surface area contributed by atoms with E-state index in [1.165, 1.54) is 0 Å². The number of imide groups is 1. The van der Waals surface area contributed by atoms with Crippen LogP contribution in [0.2, 0.25) is 0 Å². The average molecular weight is 257 g/mol. The summed E-state index contributed by atoms with van der Waals surface area (Å²) in [6.07, 6.45) is -0.424. The van der Waals surface area contributed by atoms with Gasteiger partial charge in [0.15, 0.2) is 0 Å². The van der Waals surface area contributed by atoms with E-state index in [0.29, 0.717) is 11.3 Å². The predicted octanol–water partition coefficient (Wildman–Crippen LogP) is 1.63. The fourth-order valence-corrected chi connectivity index (χ4v) is 1.70. The van der Waals surface area contributed by atoms with Gasteiger partial charge in [-0.3, -0.25) is 4.79 Å². The molecule has 1 fully saturated rings. The topological polar surface area (TPSA) is 83.9 Å². The lowest BCUT2D eigenvalue weighted by atomic mass is 9.93. The van der Waals surface area contributed by atoms with Crippen LogP contribution in [0.5, 0.6) is 0 Å². The molecule has 0 spiro atoms. The van der Waals surface area contributed by atoms with E-state index < -0.39 is 24.0 Å². The molecule has 1 heterocycles. The number of nitrogens with zero attached hydrogens (tertiary/aromatic N) is 1. The van der Waals surface area contributed by atoms with Crippen molar-refractivity contribution in [3.05, 3.63) is 0 Å². The zero-order chi connectivity index (χ0) is 13.9. The van der Waals surface area contributed by atoms with Crippen LogP contribution < -0.4 is 0 Å². The molecule has 2 amide bonds. The number of carboxylic acid groups (broad SMARTS) is 1. The summed E-state index contributed by atoms with van der Waals surface area (Å²) in [4.78, 5) is 34.4. The molecule has 0 aromatic carbocycles. The highest BCUT2D eigenvalue weighted by Crippen LogP contribution is 2.22. The molecule has 0 saturated carbocycles. The van der Waals surface area contributed by atoms with E-state index in [2.05, 4.69) is 0 Å². The molecule has 6 nitrogen and oxygen atoms in total. The van der Waals surface area contributed by atoms with Crippen LogP contribution in [-0.2, 0) is 14.3 Å². The minimum absolute atomic E-state index is 0.0399. The maximum absolute atomic E-state index is 11.7. The molecule has 0 aliphatic carbocycles. The Labute approximate surface area is 106 Å². The van der Waals surface area contributed by atoms with Crippen LogP contribution in [0.3, 0.4) is 0 Å². The number of carbonyl (C=O) groups is 3. The highest BCUT2D eigenvalue weighted by atomic mass is 16.5. The first kappa shape index (κ1) is 14.5. The summed E-state index contributed by atoms with van der Waals surface area (Å²) in [6, 6.07) is -0.977. The summed E-state index contributed by atoms with van der Waals surface area (Å²) in [5.41, 5.74) is 0.0399. The fraction of sp³-hybridized carbons (Fsp3) is 0.750. The molecule has 0 aromatic rings. The van der Waals surface area contributed by atoms with Gasteiger partial charge in [0, 0.05) is 6.42 Å². The van der Waals surface area contributed by atoms with E-state index in [1.54, 1.807) is 0 Å². The zero-order valence-corrected chi connectivity index (χ0v) is 10.9. The maximum atomic E-state index is 11.7. The van der Waals surface area contributed by atoms with Gasteiger partial charge >= 0.3 is 12.1 Å². The molecule has 0 radical (unpaired) electrons. The van der Waals surface area contributed by atoms with Crippen LogP contribution in [0.4, 0.5) is 4.79 Å². The molecule has 18 heavy (non-hydrogen) atoms. The summed E-state index contributed by atoms with van der Waals surface area (Å²) < 4.78 is 5.03. The molecule has 1 aliphatic heterocycles. The minimum atomic E-state index is -1.39. The van der Waals surface area contributed by atoms with Gasteiger partial charge in [-0.2, -0.15) is 0 Å². The van der Waals surface area contributed by atoms with Gasteiger partial charge in [-0.05, 0) is 18.3 Å². The standard InChI is InChI=1S/C12H19NO5/c1-12(2,3)6-7-18-10(15)8-4-5-9(14)13(8)11(16)17/h8H,4-7H2,1-3H3,(H,16,17)/t8-/m0/s1. The van der Waals surface area contributed by atoms with Crippen molar-refractivity contribution in [3.63, 3.8) is 0 Å². The zero-order valence-electron chi connectivity index (χ0n) is 10.9. The van der Waals surface area contributed by atoms with E-state index in [4.69, 9.17) is 9.84 Å². The largest absolute Gasteiger partial charge is 0.465 e. The van der Waals surface area contributed by atoms with E-state index in [1.807, 2.05) is 20.8 Å². The van der Waals surface area contributed by atoms with Crippen molar-refractivity contribution in [3.8, 4) is 0 Å². The van der Waals surface area contributed by atoms with Gasteiger partial charge in [0.2, 0.25) is 5.91 Å². The van der Waals surface area contributed by atoms with Crippen LogP contribution in [0.1, 0.15) is 40.0 Å². The van der Waals surface area contributed by atoms with E-state index in [-0.39, 0.29) is 24.9 Å². The first-order chi connectivity index (χ1) is 8.22. The number of ether oxygens (including phenoxy) is 1. The van der Waals surface area contributed by atoms with Gasteiger partial charge in [0.25, 0.3) is 0 Å². The molecular formula is C12H19NO5. The van der Waals surface area contributed by atoms with Crippen LogP contribution >= 0.6 is 0 Å². The Kier molecular flexibility index (Phi) is 4.32. The Morgan fingerprint density at radius 3 is 2.56 bits per heavy atom. The summed E-state index contributed by atoms with van der Waals surface area (Å²) >= 11 is 0. The Balaban J connectivity index is 2.51. The van der Waals surface area contributed by atoms with Gasteiger partial charge in [0.1, 0.15) is 6.04 Å². The number of amides is 2. The van der Waals surface area contributed by atoms with Crippen LogP contribution in [0.25, 0.3) is 0 Å². The van der Waals surface area contributed by atoms with Crippen molar-refractivity contribution in [2.75, 3.05) is 6.61 Å². The van der Waals surface area contributed by atoms with Crippen molar-refractivity contribution >= 4 is 18.0 Å². The second-order valence-corrected chi connectivity index (χ2v) is 5.58. The van der Waals surface area contributed by atoms with Crippen LogP contribution in [0, 0.1) is 5.41 Å². The van der Waals surface area contributed by atoms with Gasteiger partial charge in [-0.1, -0.05) is 20.8 Å². The summed E-state index contributed by atoms with van der Waals surface area (Å²) in [7, 11) is 0. The summed E-state index contributed by atoms with van der Waals surface area (Å²) in [6.45, 7) is 6.29. The fourth-order valence-electron chi connectivity index (χ4n) is 1.70. The maximum Gasteiger partial charge on any atom is 0.414 e. The molecule has 6 heteroatoms. The lowest BCUT2D eigenvalue weighted by molar-refractivity contribution is -0.151. The molecule has 0 unspecified atom stereocenters. The third kappa shape index (κ3) is 3.72. The lowest BCUT2D eigenvalue weighted by Crippen LogP contribution is -2.43. The molecule has 0 aromatic heterocycles. The Hall–Kier alpha value is -1.59. The van der Waals surface area contributed by atoms with E-state index >= 15 is 0 Å². The third-order valence-electron chi connectivity index (χ3n) is 2.79. The smallest absolute Gasteiger partial charge is 0.414 e. The second-order valence-electron chi connectivity index (χ2n) is 5.58. The molecule has 1 atom stereocenters. The quantitative estimate of drug-likeness (QED) is 0.777. The average Bonchev–Trinajstić information content (AvgIpc) is 2.58. The molecule has 102 valence electrons. The SMILES string of the molecule is CC(C)(C)CCOC(=O)[C@@H]1CCC(=O)N1C(=O)O. The van der Waals surface area contributed by atoms with Gasteiger partial charge in [0.05, 0.1) is 6.61 Å². The predicted molar refractivity (Wildman–Crippen MR) is 62.9 cm³/mol. The Morgan fingerprint density at radius 1 is 1.44 bits per heavy atom. The Morgan fingerprint density at radius 2 is 2.06 bits per heavy atom. The number of esters is 1. The first-order valence-corrected chi connectivity index (χ1v) is 5.94. The molecular weight excluding hydrogens is 238 g/mol. The Bertz CT molecular complexity index is 358. The second kappa shape index (κ2) is 5.37. The van der Waals surface area contributed by atoms with Crippen molar-refractivity contribution in [2.24, 2.45) is 5.41 Å². The van der Waals surface area contributed by atoms with E-state index in [9.17, 15) is 14.4 Å². The molecule has 1 aliphatic rings. The third-order valence-corrected chi connectivity index (χ3v) is 2.79. The summed E-state index contributed by atoms with van der Waals surface area (Å²) in [5.74, 6) is -1.17. The number of carbonyl (C=O) groups excluding carboxylic acids is 2. The van der Waals surface area contributed by atoms with Crippen LogP contribution in [-0.4, -0.2) is 40.6 Å². The molecule has 1 rings (SSSR count). The monoisotopic (exact) mass is 257 g/mol. The van der Waals surface area contributed by atoms with Gasteiger partial charge < -0.3 is 9.84 Å². The number of rotatable bonds is 3. The highest BCUT2D eigenvalue weighted by molar-refractivity contribution is 5.98. The number of hydrogen-bond donors (Lipinski definition) is 1. The van der Waals surface area contributed by atoms with Crippen molar-refractivity contribution < 1.29 is 24.2 Å².